The third-order valence-corrected chi connectivity index (χ3v) is 7.86. The Morgan fingerprint density at radius 3 is 2.48 bits per heavy atom. The summed E-state index contributed by atoms with van der Waals surface area (Å²) in [7, 11) is 0. The molecule has 1 saturated heterocycles. The maximum atomic E-state index is 13.7. The molecule has 2 heterocycles. The molecule has 4 rings (SSSR count). The molecule has 1 saturated carbocycles. The summed E-state index contributed by atoms with van der Waals surface area (Å²) in [6.07, 6.45) is 7.24. The molecule has 2 aliphatic rings. The van der Waals surface area contributed by atoms with Crippen molar-refractivity contribution in [2.45, 2.75) is 57.9 Å². The molecule has 2 fully saturated rings. The molecule has 2 aromatic rings. The van der Waals surface area contributed by atoms with Crippen molar-refractivity contribution in [3.63, 3.8) is 0 Å². The van der Waals surface area contributed by atoms with E-state index < -0.39 is 5.97 Å². The van der Waals surface area contributed by atoms with Crippen molar-refractivity contribution < 1.29 is 14.7 Å². The monoisotopic (exact) mass is 440 g/mol. The molecular weight excluding hydrogens is 408 g/mol. The number of carboxylic acids is 1. The summed E-state index contributed by atoms with van der Waals surface area (Å²) >= 11 is 1.26. The van der Waals surface area contributed by atoms with E-state index >= 15 is 0 Å². The topological polar surface area (TPSA) is 69.6 Å². The van der Waals surface area contributed by atoms with Crippen molar-refractivity contribution in [1.82, 2.24) is 5.32 Å². The minimum absolute atomic E-state index is 0.0125. The van der Waals surface area contributed by atoms with Gasteiger partial charge in [-0.15, -0.1) is 11.3 Å². The van der Waals surface area contributed by atoms with Gasteiger partial charge in [0.15, 0.2) is 0 Å². The van der Waals surface area contributed by atoms with E-state index in [1.54, 1.807) is 4.90 Å². The average Bonchev–Trinajstić information content (AvgIpc) is 3.24. The van der Waals surface area contributed by atoms with Crippen molar-refractivity contribution >= 4 is 28.9 Å². The van der Waals surface area contributed by atoms with Gasteiger partial charge in [0.2, 0.25) is 5.91 Å². The van der Waals surface area contributed by atoms with Gasteiger partial charge in [-0.25, -0.2) is 4.79 Å². The first-order valence-electron chi connectivity index (χ1n) is 11.5. The van der Waals surface area contributed by atoms with Gasteiger partial charge in [-0.05, 0) is 62.6 Å². The largest absolute Gasteiger partial charge is 0.477 e. The van der Waals surface area contributed by atoms with Crippen LogP contribution in [0.2, 0.25) is 0 Å². The third kappa shape index (κ3) is 5.18. The van der Waals surface area contributed by atoms with Crippen LogP contribution in [0, 0.1) is 11.8 Å². The van der Waals surface area contributed by atoms with E-state index in [9.17, 15) is 14.7 Å². The fourth-order valence-corrected chi connectivity index (χ4v) is 5.82. The minimum atomic E-state index is -0.964. The van der Waals surface area contributed by atoms with Crippen LogP contribution in [-0.2, 0) is 4.79 Å². The van der Waals surface area contributed by atoms with Crippen LogP contribution in [0.4, 0.5) is 5.69 Å². The number of aromatic carboxylic acids is 1. The zero-order valence-electron chi connectivity index (χ0n) is 18.2. The van der Waals surface area contributed by atoms with Crippen LogP contribution in [0.5, 0.6) is 0 Å². The predicted molar refractivity (Wildman–Crippen MR) is 126 cm³/mol. The Bertz CT molecular complexity index is 897. The van der Waals surface area contributed by atoms with Gasteiger partial charge >= 0.3 is 5.97 Å². The molecule has 31 heavy (non-hydrogen) atoms. The molecule has 1 aliphatic heterocycles. The Morgan fingerprint density at radius 1 is 1.10 bits per heavy atom. The molecule has 1 unspecified atom stereocenters. The van der Waals surface area contributed by atoms with Crippen LogP contribution in [0.1, 0.15) is 61.5 Å². The lowest BCUT2D eigenvalue weighted by molar-refractivity contribution is -0.123. The number of amides is 1. The van der Waals surface area contributed by atoms with Gasteiger partial charge in [-0.3, -0.25) is 4.79 Å². The van der Waals surface area contributed by atoms with Crippen molar-refractivity contribution in [2.75, 3.05) is 18.0 Å². The van der Waals surface area contributed by atoms with Crippen LogP contribution in [0.15, 0.2) is 36.4 Å². The van der Waals surface area contributed by atoms with Gasteiger partial charge in [-0.1, -0.05) is 43.7 Å². The molecule has 2 N–H and O–H groups in total. The van der Waals surface area contributed by atoms with Gasteiger partial charge in [0.25, 0.3) is 0 Å². The summed E-state index contributed by atoms with van der Waals surface area (Å²) in [5, 5.41) is 13.5. The Morgan fingerprint density at radius 2 is 1.84 bits per heavy atom. The molecule has 1 aromatic carbocycles. The number of nitrogens with one attached hydrogen (secondary N) is 1. The number of carbonyl (C=O) groups is 2. The summed E-state index contributed by atoms with van der Waals surface area (Å²) in [6.45, 7) is 3.74. The summed E-state index contributed by atoms with van der Waals surface area (Å²) in [5.41, 5.74) is 1.54. The number of anilines is 1. The number of benzene rings is 1. The molecule has 0 spiro atoms. The lowest BCUT2D eigenvalue weighted by Gasteiger charge is -2.34. The summed E-state index contributed by atoms with van der Waals surface area (Å²) in [4.78, 5) is 28.8. The first-order valence-corrected chi connectivity index (χ1v) is 12.3. The number of nitrogens with zero attached hydrogens (tertiary/aromatic N) is 1. The fourth-order valence-electron chi connectivity index (χ4n) is 4.81. The molecule has 166 valence electrons. The van der Waals surface area contributed by atoms with E-state index in [2.05, 4.69) is 12.2 Å². The van der Waals surface area contributed by atoms with Crippen molar-refractivity contribution in [1.29, 1.82) is 0 Å². The lowest BCUT2D eigenvalue weighted by atomic mass is 9.82. The van der Waals surface area contributed by atoms with Crippen LogP contribution >= 0.6 is 11.3 Å². The SMILES string of the molecule is CC1CCC(C(=O)N(CC2CCCCN2)c2cc(-c3ccccc3)sc2C(=O)O)CC1. The molecule has 5 nitrogen and oxygen atoms in total. The molecule has 1 aromatic heterocycles. The Kier molecular flexibility index (Phi) is 7.08. The molecule has 1 amide bonds. The zero-order valence-corrected chi connectivity index (χ0v) is 19.0. The maximum absolute atomic E-state index is 13.7. The second kappa shape index (κ2) is 9.96. The predicted octanol–water partition coefficient (Wildman–Crippen LogP) is 5.41. The molecule has 1 aliphatic carbocycles. The second-order valence-corrected chi connectivity index (χ2v) is 10.1. The second-order valence-electron chi connectivity index (χ2n) is 9.05. The number of piperidine rings is 1. The molecular formula is C25H32N2O3S. The number of hydrogen-bond acceptors (Lipinski definition) is 4. The highest BCUT2D eigenvalue weighted by Crippen LogP contribution is 2.39. The fraction of sp³-hybridized carbons (Fsp3) is 0.520. The minimum Gasteiger partial charge on any atom is -0.477 e. The first-order chi connectivity index (χ1) is 15.0. The zero-order chi connectivity index (χ0) is 21.8. The lowest BCUT2D eigenvalue weighted by Crippen LogP contribution is -2.48. The van der Waals surface area contributed by atoms with Crippen molar-refractivity contribution in [3.8, 4) is 10.4 Å². The average molecular weight is 441 g/mol. The number of thiophene rings is 1. The van der Waals surface area contributed by atoms with Gasteiger partial charge in [0, 0.05) is 23.4 Å². The third-order valence-electron chi connectivity index (χ3n) is 6.70. The van der Waals surface area contributed by atoms with E-state index in [0.29, 0.717) is 18.2 Å². The summed E-state index contributed by atoms with van der Waals surface area (Å²) < 4.78 is 0. The van der Waals surface area contributed by atoms with Crippen LogP contribution < -0.4 is 10.2 Å². The number of hydrogen-bond donors (Lipinski definition) is 2. The highest BCUT2D eigenvalue weighted by molar-refractivity contribution is 7.18. The van der Waals surface area contributed by atoms with Gasteiger partial charge < -0.3 is 15.3 Å². The normalized spacial score (nSPS) is 24.0. The first kappa shape index (κ1) is 22.0. The van der Waals surface area contributed by atoms with E-state index in [4.69, 9.17) is 0 Å². The van der Waals surface area contributed by atoms with E-state index in [1.165, 1.54) is 11.3 Å². The molecule has 0 radical (unpaired) electrons. The van der Waals surface area contributed by atoms with Gasteiger partial charge in [-0.2, -0.15) is 0 Å². The summed E-state index contributed by atoms with van der Waals surface area (Å²) in [6, 6.07) is 11.9. The maximum Gasteiger partial charge on any atom is 0.348 e. The highest BCUT2D eigenvalue weighted by Gasteiger charge is 2.33. The highest BCUT2D eigenvalue weighted by atomic mass is 32.1. The smallest absolute Gasteiger partial charge is 0.348 e. The van der Waals surface area contributed by atoms with E-state index in [0.717, 1.165) is 61.9 Å². The van der Waals surface area contributed by atoms with E-state index in [1.807, 2.05) is 36.4 Å². The van der Waals surface area contributed by atoms with Crippen molar-refractivity contribution in [3.05, 3.63) is 41.3 Å². The number of carbonyl (C=O) groups excluding carboxylic acids is 1. The van der Waals surface area contributed by atoms with Crippen LogP contribution in [0.25, 0.3) is 10.4 Å². The van der Waals surface area contributed by atoms with Gasteiger partial charge in [0.05, 0.1) is 5.69 Å². The quantitative estimate of drug-likeness (QED) is 0.630. The molecule has 1 atom stereocenters. The Labute approximate surface area is 188 Å². The molecule has 0 bridgehead atoms. The van der Waals surface area contributed by atoms with Crippen LogP contribution in [0.3, 0.4) is 0 Å². The summed E-state index contributed by atoms with van der Waals surface area (Å²) in [5.74, 6) is -0.215. The van der Waals surface area contributed by atoms with Crippen molar-refractivity contribution in [2.24, 2.45) is 11.8 Å². The number of carboxylic acid groups (broad SMARTS) is 1. The molecule has 6 heteroatoms. The Hall–Kier alpha value is -2.18. The number of rotatable bonds is 6. The standard InChI is InChI=1S/C25H32N2O3S/c1-17-10-12-19(13-11-17)24(28)27(16-20-9-5-6-14-26-20)21-15-22(31-23(21)25(29)30)18-7-3-2-4-8-18/h2-4,7-8,15,17,19-20,26H,5-6,9-14,16H2,1H3,(H,29,30). The van der Waals surface area contributed by atoms with Crippen LogP contribution in [-0.4, -0.2) is 36.1 Å². The Balaban J connectivity index is 1.68. The van der Waals surface area contributed by atoms with Gasteiger partial charge in [0.1, 0.15) is 4.88 Å². The van der Waals surface area contributed by atoms with E-state index in [-0.39, 0.29) is 22.7 Å².